The van der Waals surface area contributed by atoms with Gasteiger partial charge >= 0.3 is 5.63 Å². The summed E-state index contributed by atoms with van der Waals surface area (Å²) in [6.07, 6.45) is 0. The number of hydrogen-bond donors (Lipinski definition) is 0. The van der Waals surface area contributed by atoms with Gasteiger partial charge in [-0.15, -0.1) is 0 Å². The molecule has 0 aliphatic carbocycles. The van der Waals surface area contributed by atoms with E-state index in [-0.39, 0.29) is 12.4 Å². The summed E-state index contributed by atoms with van der Waals surface area (Å²) in [6.45, 7) is 2.19. The second kappa shape index (κ2) is 5.40. The van der Waals surface area contributed by atoms with Crippen LogP contribution in [-0.4, -0.2) is 0 Å². The molecule has 0 fully saturated rings. The molecular weight excluding hydrogens is 271 g/mol. The van der Waals surface area contributed by atoms with Gasteiger partial charge in [0.2, 0.25) is 0 Å². The highest BCUT2D eigenvalue weighted by Gasteiger charge is 2.07. The Hall–Kier alpha value is -2.62. The number of fused-ring (bicyclic) bond motifs is 1. The van der Waals surface area contributed by atoms with E-state index in [9.17, 15) is 9.18 Å². The molecule has 0 aliphatic heterocycles. The van der Waals surface area contributed by atoms with Crippen LogP contribution in [0, 0.1) is 12.7 Å². The SMILES string of the molecule is Cc1ccc2oc(=O)cc(COc3ccc(F)cc3)c2c1. The van der Waals surface area contributed by atoms with Crippen molar-refractivity contribution in [2.24, 2.45) is 0 Å². The third-order valence-electron chi connectivity index (χ3n) is 3.19. The van der Waals surface area contributed by atoms with E-state index in [1.165, 1.54) is 18.2 Å². The topological polar surface area (TPSA) is 39.4 Å². The van der Waals surface area contributed by atoms with E-state index in [1.807, 2.05) is 19.1 Å². The van der Waals surface area contributed by atoms with E-state index < -0.39 is 5.63 Å². The number of aryl methyl sites for hydroxylation is 1. The third kappa shape index (κ3) is 2.94. The number of hydrogen-bond acceptors (Lipinski definition) is 3. The Morgan fingerprint density at radius 2 is 1.86 bits per heavy atom. The summed E-state index contributed by atoms with van der Waals surface area (Å²) >= 11 is 0. The second-order valence-corrected chi connectivity index (χ2v) is 4.83. The fraction of sp³-hybridized carbons (Fsp3) is 0.118. The van der Waals surface area contributed by atoms with Gasteiger partial charge in [-0.3, -0.25) is 0 Å². The van der Waals surface area contributed by atoms with Gasteiger partial charge in [0.05, 0.1) is 0 Å². The lowest BCUT2D eigenvalue weighted by molar-refractivity contribution is 0.306. The smallest absolute Gasteiger partial charge is 0.336 e. The van der Waals surface area contributed by atoms with Crippen LogP contribution in [0.3, 0.4) is 0 Å². The minimum absolute atomic E-state index is 0.219. The maximum atomic E-state index is 12.8. The Kier molecular flexibility index (Phi) is 3.44. The molecule has 4 heteroatoms. The quantitative estimate of drug-likeness (QED) is 0.686. The van der Waals surface area contributed by atoms with Crippen molar-refractivity contribution in [1.29, 1.82) is 0 Å². The Morgan fingerprint density at radius 1 is 1.10 bits per heavy atom. The van der Waals surface area contributed by atoms with Crippen molar-refractivity contribution in [2.75, 3.05) is 0 Å². The zero-order valence-electron chi connectivity index (χ0n) is 11.4. The first-order valence-corrected chi connectivity index (χ1v) is 6.53. The van der Waals surface area contributed by atoms with E-state index in [2.05, 4.69) is 0 Å². The van der Waals surface area contributed by atoms with Gasteiger partial charge in [-0.05, 0) is 43.3 Å². The first-order valence-electron chi connectivity index (χ1n) is 6.53. The van der Waals surface area contributed by atoms with Gasteiger partial charge in [0.15, 0.2) is 0 Å². The van der Waals surface area contributed by atoms with Gasteiger partial charge < -0.3 is 9.15 Å². The van der Waals surface area contributed by atoms with Crippen LogP contribution in [0.4, 0.5) is 4.39 Å². The minimum atomic E-state index is -0.413. The summed E-state index contributed by atoms with van der Waals surface area (Å²) in [5.74, 6) is 0.231. The van der Waals surface area contributed by atoms with E-state index in [0.29, 0.717) is 11.3 Å². The van der Waals surface area contributed by atoms with Crippen molar-refractivity contribution in [3.63, 3.8) is 0 Å². The Morgan fingerprint density at radius 3 is 2.62 bits per heavy atom. The van der Waals surface area contributed by atoms with Gasteiger partial charge in [-0.2, -0.15) is 0 Å². The fourth-order valence-corrected chi connectivity index (χ4v) is 2.15. The van der Waals surface area contributed by atoms with Crippen molar-refractivity contribution in [3.05, 3.63) is 75.9 Å². The molecule has 21 heavy (non-hydrogen) atoms. The van der Waals surface area contributed by atoms with Crippen LogP contribution in [-0.2, 0) is 6.61 Å². The molecule has 0 saturated carbocycles. The van der Waals surface area contributed by atoms with Gasteiger partial charge in [-0.1, -0.05) is 11.6 Å². The molecule has 0 saturated heterocycles. The summed E-state index contributed by atoms with van der Waals surface area (Å²) in [5, 5.41) is 0.844. The summed E-state index contributed by atoms with van der Waals surface area (Å²) in [4.78, 5) is 11.6. The average Bonchev–Trinajstić information content (AvgIpc) is 2.47. The van der Waals surface area contributed by atoms with Crippen LogP contribution in [0.5, 0.6) is 5.75 Å². The lowest BCUT2D eigenvalue weighted by Gasteiger charge is -2.08. The molecule has 3 rings (SSSR count). The second-order valence-electron chi connectivity index (χ2n) is 4.83. The third-order valence-corrected chi connectivity index (χ3v) is 3.19. The largest absolute Gasteiger partial charge is 0.489 e. The maximum absolute atomic E-state index is 12.8. The number of rotatable bonds is 3. The van der Waals surface area contributed by atoms with Crippen LogP contribution in [0.2, 0.25) is 0 Å². The predicted octanol–water partition coefficient (Wildman–Crippen LogP) is 3.82. The number of ether oxygens (including phenoxy) is 1. The maximum Gasteiger partial charge on any atom is 0.336 e. The molecule has 1 aromatic heterocycles. The Labute approximate surface area is 120 Å². The molecular formula is C17H13FO3. The van der Waals surface area contributed by atoms with E-state index in [1.54, 1.807) is 18.2 Å². The van der Waals surface area contributed by atoms with E-state index in [0.717, 1.165) is 16.5 Å². The molecule has 0 amide bonds. The Bertz CT molecular complexity index is 835. The van der Waals surface area contributed by atoms with E-state index in [4.69, 9.17) is 9.15 Å². The molecule has 0 spiro atoms. The summed E-state index contributed by atoms with van der Waals surface area (Å²) in [5.41, 5.74) is 1.93. The highest BCUT2D eigenvalue weighted by molar-refractivity contribution is 5.80. The standard InChI is InChI=1S/C17H13FO3/c1-11-2-7-16-15(8-11)12(9-17(19)21-16)10-20-14-5-3-13(18)4-6-14/h2-9H,10H2,1H3. The molecule has 0 aliphatic rings. The first-order chi connectivity index (χ1) is 10.1. The lowest BCUT2D eigenvalue weighted by Crippen LogP contribution is -2.04. The molecule has 0 N–H and O–H groups in total. The molecule has 3 aromatic rings. The molecule has 1 heterocycles. The normalized spacial score (nSPS) is 10.8. The van der Waals surface area contributed by atoms with Gasteiger partial charge in [0.25, 0.3) is 0 Å². The van der Waals surface area contributed by atoms with Crippen LogP contribution in [0.25, 0.3) is 11.0 Å². The van der Waals surface area contributed by atoms with E-state index >= 15 is 0 Å². The first kappa shape index (κ1) is 13.4. The minimum Gasteiger partial charge on any atom is -0.489 e. The molecule has 0 unspecified atom stereocenters. The van der Waals surface area contributed by atoms with Crippen molar-refractivity contribution in [2.45, 2.75) is 13.5 Å². The van der Waals surface area contributed by atoms with Gasteiger partial charge in [0.1, 0.15) is 23.8 Å². The predicted molar refractivity (Wildman–Crippen MR) is 78.0 cm³/mol. The Balaban J connectivity index is 1.94. The summed E-state index contributed by atoms with van der Waals surface area (Å²) in [6, 6.07) is 12.8. The van der Waals surface area contributed by atoms with Crippen LogP contribution in [0.1, 0.15) is 11.1 Å². The van der Waals surface area contributed by atoms with Crippen LogP contribution in [0.15, 0.2) is 57.7 Å². The van der Waals surface area contributed by atoms with Crippen LogP contribution < -0.4 is 10.4 Å². The molecule has 2 aromatic carbocycles. The highest BCUT2D eigenvalue weighted by Crippen LogP contribution is 2.20. The molecule has 106 valence electrons. The lowest BCUT2D eigenvalue weighted by atomic mass is 10.1. The van der Waals surface area contributed by atoms with Crippen molar-refractivity contribution in [3.8, 4) is 5.75 Å². The van der Waals surface area contributed by atoms with Gasteiger partial charge in [0, 0.05) is 17.0 Å². The monoisotopic (exact) mass is 284 g/mol. The highest BCUT2D eigenvalue weighted by atomic mass is 19.1. The molecule has 0 radical (unpaired) electrons. The average molecular weight is 284 g/mol. The van der Waals surface area contributed by atoms with Crippen molar-refractivity contribution >= 4 is 11.0 Å². The van der Waals surface area contributed by atoms with Crippen molar-refractivity contribution in [1.82, 2.24) is 0 Å². The fourth-order valence-electron chi connectivity index (χ4n) is 2.15. The summed E-state index contributed by atoms with van der Waals surface area (Å²) in [7, 11) is 0. The molecule has 0 bridgehead atoms. The number of halogens is 1. The van der Waals surface area contributed by atoms with Crippen molar-refractivity contribution < 1.29 is 13.5 Å². The summed E-state index contributed by atoms with van der Waals surface area (Å²) < 4.78 is 23.6. The van der Waals surface area contributed by atoms with Crippen LogP contribution >= 0.6 is 0 Å². The zero-order chi connectivity index (χ0) is 14.8. The zero-order valence-corrected chi connectivity index (χ0v) is 11.4. The molecule has 3 nitrogen and oxygen atoms in total. The van der Waals surface area contributed by atoms with Gasteiger partial charge in [-0.25, -0.2) is 9.18 Å². The number of benzene rings is 2. The molecule has 0 atom stereocenters.